The van der Waals surface area contributed by atoms with Gasteiger partial charge in [-0.25, -0.2) is 14.4 Å². The van der Waals surface area contributed by atoms with Gasteiger partial charge in [-0.1, -0.05) is 6.07 Å². The number of hydrogen-bond donors (Lipinski definition) is 2. The average Bonchev–Trinajstić information content (AvgIpc) is 3.62. The monoisotopic (exact) mass is 489 g/mol. The standard InChI is InChI=1S/C26H24FN5O4/c1-35-17-7-8-21-20(13-17)30-26(32(21)14-15-4-5-15)31-23(33)12-16-6-9-22(19(27)11-16)36-25-18(24(28)34)3-2-10-29-25/h2-3,6-11,13,15H,4-5,12,14H2,1H3,(H2,28,34)(H,30,31,33). The van der Waals surface area contributed by atoms with Crippen molar-refractivity contribution >= 4 is 28.8 Å². The van der Waals surface area contributed by atoms with E-state index in [0.29, 0.717) is 23.2 Å². The van der Waals surface area contributed by atoms with Crippen molar-refractivity contribution in [3.8, 4) is 17.4 Å². The largest absolute Gasteiger partial charge is 0.497 e. The van der Waals surface area contributed by atoms with Gasteiger partial charge in [0.25, 0.3) is 5.91 Å². The molecule has 10 heteroatoms. The Morgan fingerprint density at radius 2 is 2.03 bits per heavy atom. The Balaban J connectivity index is 1.32. The number of primary amides is 1. The molecule has 1 aliphatic carbocycles. The van der Waals surface area contributed by atoms with Gasteiger partial charge in [0, 0.05) is 18.8 Å². The van der Waals surface area contributed by atoms with Crippen LogP contribution < -0.4 is 20.5 Å². The van der Waals surface area contributed by atoms with Crippen LogP contribution in [0.1, 0.15) is 28.8 Å². The second-order valence-electron chi connectivity index (χ2n) is 8.66. The molecule has 1 fully saturated rings. The Morgan fingerprint density at radius 1 is 1.19 bits per heavy atom. The van der Waals surface area contributed by atoms with Crippen molar-refractivity contribution < 1.29 is 23.5 Å². The number of ether oxygens (including phenoxy) is 2. The summed E-state index contributed by atoms with van der Waals surface area (Å²) in [5.74, 6) is -0.305. The molecule has 0 saturated heterocycles. The zero-order valence-corrected chi connectivity index (χ0v) is 19.5. The Kier molecular flexibility index (Phi) is 6.24. The summed E-state index contributed by atoms with van der Waals surface area (Å²) in [5.41, 5.74) is 7.43. The molecule has 4 aromatic rings. The van der Waals surface area contributed by atoms with Crippen LogP contribution in [-0.2, 0) is 17.8 Å². The minimum absolute atomic E-state index is 0.0343. The van der Waals surface area contributed by atoms with Crippen LogP contribution in [0.4, 0.5) is 10.3 Å². The average molecular weight is 490 g/mol. The van der Waals surface area contributed by atoms with Crippen molar-refractivity contribution in [2.24, 2.45) is 11.7 Å². The summed E-state index contributed by atoms with van der Waals surface area (Å²) in [7, 11) is 1.59. The van der Waals surface area contributed by atoms with Crippen molar-refractivity contribution in [3.05, 3.63) is 71.7 Å². The molecule has 2 aromatic heterocycles. The van der Waals surface area contributed by atoms with Crippen molar-refractivity contribution in [2.75, 3.05) is 12.4 Å². The molecular weight excluding hydrogens is 465 g/mol. The highest BCUT2D eigenvalue weighted by molar-refractivity contribution is 5.95. The molecule has 9 nitrogen and oxygen atoms in total. The van der Waals surface area contributed by atoms with Crippen molar-refractivity contribution in [2.45, 2.75) is 25.8 Å². The summed E-state index contributed by atoms with van der Waals surface area (Å²) < 4.78 is 27.5. The Labute approximate surface area is 206 Å². The predicted octanol–water partition coefficient (Wildman–Crippen LogP) is 4.06. The third kappa shape index (κ3) is 4.97. The van der Waals surface area contributed by atoms with E-state index in [0.717, 1.165) is 30.4 Å². The minimum Gasteiger partial charge on any atom is -0.497 e. The molecule has 184 valence electrons. The molecule has 3 N–H and O–H groups in total. The van der Waals surface area contributed by atoms with E-state index in [1.165, 1.54) is 30.5 Å². The lowest BCUT2D eigenvalue weighted by atomic mass is 10.1. The fourth-order valence-electron chi connectivity index (χ4n) is 3.93. The number of carbonyl (C=O) groups excluding carboxylic acids is 2. The lowest BCUT2D eigenvalue weighted by Crippen LogP contribution is -2.18. The van der Waals surface area contributed by atoms with Gasteiger partial charge in [-0.2, -0.15) is 0 Å². The van der Waals surface area contributed by atoms with Gasteiger partial charge in [-0.3, -0.25) is 14.9 Å². The first-order chi connectivity index (χ1) is 17.4. The number of benzene rings is 2. The molecular formula is C26H24FN5O4. The van der Waals surface area contributed by atoms with Crippen LogP contribution in [0.15, 0.2) is 54.7 Å². The number of hydrogen-bond acceptors (Lipinski definition) is 6. The van der Waals surface area contributed by atoms with Gasteiger partial charge in [-0.05, 0) is 60.7 Å². The van der Waals surface area contributed by atoms with E-state index >= 15 is 0 Å². The summed E-state index contributed by atoms with van der Waals surface area (Å²) in [5, 5.41) is 2.87. The summed E-state index contributed by atoms with van der Waals surface area (Å²) in [6, 6.07) is 12.7. The van der Waals surface area contributed by atoms with Gasteiger partial charge in [0.05, 0.1) is 24.6 Å². The Bertz CT molecular complexity index is 1460. The first-order valence-corrected chi connectivity index (χ1v) is 11.5. The normalized spacial score (nSPS) is 12.9. The molecule has 0 spiro atoms. The second-order valence-corrected chi connectivity index (χ2v) is 8.66. The molecule has 0 radical (unpaired) electrons. The summed E-state index contributed by atoms with van der Waals surface area (Å²) in [4.78, 5) is 32.9. The van der Waals surface area contributed by atoms with Gasteiger partial charge in [0.2, 0.25) is 17.7 Å². The van der Waals surface area contributed by atoms with E-state index in [4.69, 9.17) is 15.2 Å². The number of amides is 2. The number of nitrogens with zero attached hydrogens (tertiary/aromatic N) is 3. The molecule has 2 aromatic carbocycles. The highest BCUT2D eigenvalue weighted by atomic mass is 19.1. The van der Waals surface area contributed by atoms with Gasteiger partial charge >= 0.3 is 0 Å². The number of nitrogens with one attached hydrogen (secondary N) is 1. The minimum atomic E-state index is -0.738. The summed E-state index contributed by atoms with van der Waals surface area (Å²) >= 11 is 0. The van der Waals surface area contributed by atoms with Crippen LogP contribution in [0, 0.1) is 11.7 Å². The molecule has 0 atom stereocenters. The van der Waals surface area contributed by atoms with Gasteiger partial charge in [-0.15, -0.1) is 0 Å². The third-order valence-corrected chi connectivity index (χ3v) is 5.95. The number of imidazole rings is 1. The Morgan fingerprint density at radius 3 is 2.75 bits per heavy atom. The molecule has 36 heavy (non-hydrogen) atoms. The van der Waals surface area contributed by atoms with E-state index in [-0.39, 0.29) is 29.5 Å². The highest BCUT2D eigenvalue weighted by Crippen LogP contribution is 2.34. The number of fused-ring (bicyclic) bond motifs is 1. The van der Waals surface area contributed by atoms with Gasteiger partial charge in [0.1, 0.15) is 11.3 Å². The van der Waals surface area contributed by atoms with E-state index in [2.05, 4.69) is 15.3 Å². The molecule has 1 saturated carbocycles. The number of pyridine rings is 1. The van der Waals surface area contributed by atoms with E-state index < -0.39 is 11.7 Å². The fraction of sp³-hybridized carbons (Fsp3) is 0.231. The van der Waals surface area contributed by atoms with Crippen molar-refractivity contribution in [1.82, 2.24) is 14.5 Å². The quantitative estimate of drug-likeness (QED) is 0.366. The molecule has 2 heterocycles. The molecule has 5 rings (SSSR count). The molecule has 0 aliphatic heterocycles. The number of anilines is 1. The summed E-state index contributed by atoms with van der Waals surface area (Å²) in [6.45, 7) is 0.764. The fourth-order valence-corrected chi connectivity index (χ4v) is 3.93. The van der Waals surface area contributed by atoms with Crippen LogP contribution in [0.3, 0.4) is 0 Å². The van der Waals surface area contributed by atoms with Crippen LogP contribution in [-0.4, -0.2) is 33.5 Å². The predicted molar refractivity (Wildman–Crippen MR) is 131 cm³/mol. The smallest absolute Gasteiger partial charge is 0.254 e. The first-order valence-electron chi connectivity index (χ1n) is 11.5. The van der Waals surface area contributed by atoms with Crippen LogP contribution >= 0.6 is 0 Å². The number of halogens is 1. The van der Waals surface area contributed by atoms with Crippen molar-refractivity contribution in [3.63, 3.8) is 0 Å². The molecule has 0 unspecified atom stereocenters. The SMILES string of the molecule is COc1ccc2c(c1)nc(NC(=O)Cc1ccc(Oc3ncccc3C(N)=O)c(F)c1)n2CC1CC1. The van der Waals surface area contributed by atoms with E-state index in [1.807, 2.05) is 22.8 Å². The Hall–Kier alpha value is -4.47. The van der Waals surface area contributed by atoms with Crippen LogP contribution in [0.2, 0.25) is 0 Å². The maximum Gasteiger partial charge on any atom is 0.254 e. The number of carbonyl (C=O) groups is 2. The van der Waals surface area contributed by atoms with Crippen LogP contribution in [0.5, 0.6) is 17.4 Å². The van der Waals surface area contributed by atoms with Crippen LogP contribution in [0.25, 0.3) is 11.0 Å². The molecule has 0 bridgehead atoms. The number of nitrogens with two attached hydrogens (primary N) is 1. The van der Waals surface area contributed by atoms with Crippen molar-refractivity contribution in [1.29, 1.82) is 0 Å². The maximum absolute atomic E-state index is 14.7. The van der Waals surface area contributed by atoms with Gasteiger partial charge in [0.15, 0.2) is 11.6 Å². The van der Waals surface area contributed by atoms with Gasteiger partial charge < -0.3 is 19.8 Å². The molecule has 1 aliphatic rings. The summed E-state index contributed by atoms with van der Waals surface area (Å²) in [6.07, 6.45) is 3.64. The molecule has 2 amide bonds. The number of methoxy groups -OCH3 is 1. The lowest BCUT2D eigenvalue weighted by Gasteiger charge is -2.11. The zero-order valence-electron chi connectivity index (χ0n) is 19.5. The maximum atomic E-state index is 14.7. The van der Waals surface area contributed by atoms with E-state index in [9.17, 15) is 14.0 Å². The zero-order chi connectivity index (χ0) is 25.2. The first kappa shape index (κ1) is 23.3. The number of rotatable bonds is 9. The topological polar surface area (TPSA) is 121 Å². The number of aromatic nitrogens is 3. The second kappa shape index (κ2) is 9.65. The lowest BCUT2D eigenvalue weighted by molar-refractivity contribution is -0.115. The van der Waals surface area contributed by atoms with E-state index in [1.54, 1.807) is 13.2 Å². The highest BCUT2D eigenvalue weighted by Gasteiger charge is 2.25. The third-order valence-electron chi connectivity index (χ3n) is 5.95.